The molecule has 1 N–H and O–H groups in total. The molecule has 0 unspecified atom stereocenters. The molecule has 4 rings (SSSR count). The molecule has 0 saturated carbocycles. The van der Waals surface area contributed by atoms with E-state index in [0.29, 0.717) is 24.3 Å². The predicted octanol–water partition coefficient (Wildman–Crippen LogP) is 7.96. The Hall–Kier alpha value is -4.17. The van der Waals surface area contributed by atoms with Crippen LogP contribution in [0.3, 0.4) is 0 Å². The molecule has 0 heterocycles. The van der Waals surface area contributed by atoms with Crippen LogP contribution in [0.2, 0.25) is 0 Å². The molecule has 1 atom stereocenters. The molecule has 0 aliphatic carbocycles. The number of carboxylic acid groups (broad SMARTS) is 1. The van der Waals surface area contributed by atoms with Crippen molar-refractivity contribution in [3.05, 3.63) is 137 Å². The van der Waals surface area contributed by atoms with Crippen LogP contribution in [0.5, 0.6) is 5.75 Å². The largest absolute Gasteiger partial charge is 0.494 e. The lowest BCUT2D eigenvalue weighted by Crippen LogP contribution is -2.37. The summed E-state index contributed by atoms with van der Waals surface area (Å²) in [6, 6.07) is 29.7. The van der Waals surface area contributed by atoms with E-state index in [9.17, 15) is 18.0 Å². The number of rotatable bonds is 13. The first-order valence-corrected chi connectivity index (χ1v) is 13.7. The predicted molar refractivity (Wildman–Crippen MR) is 154 cm³/mol. The van der Waals surface area contributed by atoms with E-state index >= 15 is 4.39 Å². The zero-order valence-corrected chi connectivity index (χ0v) is 23.2. The fraction of sp³-hybridized carbons (Fsp3) is 0.265. The summed E-state index contributed by atoms with van der Waals surface area (Å²) in [5.41, 5.74) is 1.38. The van der Waals surface area contributed by atoms with Crippen LogP contribution in [-0.2, 0) is 23.9 Å². The van der Waals surface area contributed by atoms with Gasteiger partial charge < -0.3 is 9.84 Å². The SMILES string of the molecule is C[C@H](CCOc1cccc(CC(=O)O)c1)N(Cc1cccc(C(F)(F)F)c1F)CC(c1ccccc1)c1ccccc1. The monoisotopic (exact) mass is 579 g/mol. The molecule has 220 valence electrons. The van der Waals surface area contributed by atoms with Gasteiger partial charge in [-0.3, -0.25) is 9.69 Å². The van der Waals surface area contributed by atoms with Crippen molar-refractivity contribution in [2.45, 2.75) is 44.4 Å². The van der Waals surface area contributed by atoms with Gasteiger partial charge in [0.15, 0.2) is 0 Å². The molecule has 0 spiro atoms. The molecule has 4 nitrogen and oxygen atoms in total. The summed E-state index contributed by atoms with van der Waals surface area (Å²) in [4.78, 5) is 13.1. The lowest BCUT2D eigenvalue weighted by molar-refractivity contribution is -0.140. The summed E-state index contributed by atoms with van der Waals surface area (Å²) >= 11 is 0. The van der Waals surface area contributed by atoms with Crippen LogP contribution in [-0.4, -0.2) is 35.2 Å². The van der Waals surface area contributed by atoms with Gasteiger partial charge in [0.05, 0.1) is 18.6 Å². The number of hydrogen-bond acceptors (Lipinski definition) is 3. The second kappa shape index (κ2) is 14.1. The van der Waals surface area contributed by atoms with E-state index in [1.165, 1.54) is 12.1 Å². The maximum Gasteiger partial charge on any atom is 0.419 e. The van der Waals surface area contributed by atoms with Crippen molar-refractivity contribution >= 4 is 5.97 Å². The Kier molecular flexibility index (Phi) is 10.4. The number of alkyl halides is 3. The minimum atomic E-state index is -4.80. The van der Waals surface area contributed by atoms with Crippen molar-refractivity contribution < 1.29 is 32.2 Å². The van der Waals surface area contributed by atoms with Gasteiger partial charge in [0, 0.05) is 30.6 Å². The Balaban J connectivity index is 1.59. The van der Waals surface area contributed by atoms with Gasteiger partial charge in [-0.1, -0.05) is 84.9 Å². The Bertz CT molecular complexity index is 1400. The van der Waals surface area contributed by atoms with E-state index in [2.05, 4.69) is 0 Å². The number of ether oxygens (including phenoxy) is 1. The smallest absolute Gasteiger partial charge is 0.419 e. The van der Waals surface area contributed by atoms with Crippen molar-refractivity contribution in [2.75, 3.05) is 13.2 Å². The maximum absolute atomic E-state index is 15.2. The van der Waals surface area contributed by atoms with Crippen LogP contribution in [0.15, 0.2) is 103 Å². The van der Waals surface area contributed by atoms with Crippen molar-refractivity contribution in [2.24, 2.45) is 0 Å². The first-order chi connectivity index (χ1) is 20.1. The Morgan fingerprint density at radius 2 is 1.50 bits per heavy atom. The summed E-state index contributed by atoms with van der Waals surface area (Å²) in [5, 5.41) is 9.07. The van der Waals surface area contributed by atoms with E-state index < -0.39 is 23.5 Å². The Labute approximate surface area is 243 Å². The topological polar surface area (TPSA) is 49.8 Å². The average molecular weight is 580 g/mol. The zero-order valence-electron chi connectivity index (χ0n) is 23.2. The lowest BCUT2D eigenvalue weighted by atomic mass is 9.90. The Morgan fingerprint density at radius 3 is 2.10 bits per heavy atom. The van der Waals surface area contributed by atoms with Crippen LogP contribution >= 0.6 is 0 Å². The molecule has 42 heavy (non-hydrogen) atoms. The number of hydrogen-bond donors (Lipinski definition) is 1. The second-order valence-corrected chi connectivity index (χ2v) is 10.3. The molecule has 0 aliphatic rings. The fourth-order valence-electron chi connectivity index (χ4n) is 5.00. The highest BCUT2D eigenvalue weighted by Gasteiger charge is 2.35. The van der Waals surface area contributed by atoms with Crippen LogP contribution in [0.4, 0.5) is 17.6 Å². The molecule has 0 amide bonds. The second-order valence-electron chi connectivity index (χ2n) is 10.3. The summed E-state index contributed by atoms with van der Waals surface area (Å²) in [5.74, 6) is -1.78. The number of benzene rings is 4. The van der Waals surface area contributed by atoms with Gasteiger partial charge in [0.1, 0.15) is 11.6 Å². The number of nitrogens with zero attached hydrogens (tertiary/aromatic N) is 1. The fourth-order valence-corrected chi connectivity index (χ4v) is 5.00. The quantitative estimate of drug-likeness (QED) is 0.163. The highest BCUT2D eigenvalue weighted by Crippen LogP contribution is 2.34. The van der Waals surface area contributed by atoms with E-state index in [-0.39, 0.29) is 37.1 Å². The molecule has 0 radical (unpaired) electrons. The van der Waals surface area contributed by atoms with E-state index in [4.69, 9.17) is 9.84 Å². The number of carboxylic acids is 1. The standard InChI is InChI=1S/C34H33F4NO3/c1-24(18-19-42-29-16-8-10-25(20-29)21-32(40)41)39(22-28-15-9-17-31(33(28)35)34(36,37)38)23-30(26-11-4-2-5-12-26)27-13-6-3-7-14-27/h2-17,20,24,30H,18-19,21-23H2,1H3,(H,40,41)/t24-/m1/s1. The minimum Gasteiger partial charge on any atom is -0.494 e. The van der Waals surface area contributed by atoms with Gasteiger partial charge in [-0.25, -0.2) is 4.39 Å². The maximum atomic E-state index is 15.2. The van der Waals surface area contributed by atoms with Crippen LogP contribution in [0.25, 0.3) is 0 Å². The highest BCUT2D eigenvalue weighted by atomic mass is 19.4. The molecule has 4 aromatic carbocycles. The molecule has 0 aromatic heterocycles. The van der Waals surface area contributed by atoms with Gasteiger partial charge in [-0.15, -0.1) is 0 Å². The minimum absolute atomic E-state index is 0.0266. The number of halogens is 4. The summed E-state index contributed by atoms with van der Waals surface area (Å²) in [6.07, 6.45) is -4.42. The third kappa shape index (κ3) is 8.42. The van der Waals surface area contributed by atoms with Gasteiger partial charge >= 0.3 is 12.1 Å². The van der Waals surface area contributed by atoms with Crippen LogP contribution < -0.4 is 4.74 Å². The zero-order chi connectivity index (χ0) is 30.1. The van der Waals surface area contributed by atoms with E-state index in [1.54, 1.807) is 24.3 Å². The first kappa shape index (κ1) is 30.8. The molecule has 0 aliphatic heterocycles. The van der Waals surface area contributed by atoms with Gasteiger partial charge in [0.2, 0.25) is 0 Å². The van der Waals surface area contributed by atoms with E-state index in [0.717, 1.165) is 17.2 Å². The lowest BCUT2D eigenvalue weighted by Gasteiger charge is -2.33. The molecule has 0 bridgehead atoms. The van der Waals surface area contributed by atoms with Crippen molar-refractivity contribution in [1.82, 2.24) is 4.90 Å². The van der Waals surface area contributed by atoms with Crippen molar-refractivity contribution in [3.8, 4) is 5.75 Å². The molecule has 0 fully saturated rings. The van der Waals surface area contributed by atoms with Crippen LogP contribution in [0.1, 0.15) is 47.1 Å². The molecule has 4 aromatic rings. The summed E-state index contributed by atoms with van der Waals surface area (Å²) < 4.78 is 61.6. The molecular weight excluding hydrogens is 546 g/mol. The summed E-state index contributed by atoms with van der Waals surface area (Å²) in [6.45, 7) is 2.63. The van der Waals surface area contributed by atoms with Crippen molar-refractivity contribution in [1.29, 1.82) is 0 Å². The molecule has 0 saturated heterocycles. The molecule has 8 heteroatoms. The Morgan fingerprint density at radius 1 is 0.881 bits per heavy atom. The first-order valence-electron chi connectivity index (χ1n) is 13.7. The number of aliphatic carboxylic acids is 1. The van der Waals surface area contributed by atoms with E-state index in [1.807, 2.05) is 72.5 Å². The normalized spacial score (nSPS) is 12.5. The number of carbonyl (C=O) groups is 1. The van der Waals surface area contributed by atoms with Crippen LogP contribution in [0, 0.1) is 5.82 Å². The van der Waals surface area contributed by atoms with Gasteiger partial charge in [-0.05, 0) is 48.2 Å². The van der Waals surface area contributed by atoms with Crippen molar-refractivity contribution in [3.63, 3.8) is 0 Å². The average Bonchev–Trinajstić information content (AvgIpc) is 2.96. The van der Waals surface area contributed by atoms with Gasteiger partial charge in [0.25, 0.3) is 0 Å². The third-order valence-corrected chi connectivity index (χ3v) is 7.26. The van der Waals surface area contributed by atoms with Gasteiger partial charge in [-0.2, -0.15) is 13.2 Å². The highest BCUT2D eigenvalue weighted by molar-refractivity contribution is 5.70. The molecular formula is C34H33F4NO3. The third-order valence-electron chi connectivity index (χ3n) is 7.26. The summed E-state index contributed by atoms with van der Waals surface area (Å²) in [7, 11) is 0.